The molecule has 7 nitrogen and oxygen atoms in total. The average molecular weight is 343 g/mol. The van der Waals surface area contributed by atoms with E-state index in [0.29, 0.717) is 18.3 Å². The molecule has 1 N–H and O–H groups in total. The monoisotopic (exact) mass is 342 g/mol. The van der Waals surface area contributed by atoms with Gasteiger partial charge in [0, 0.05) is 30.4 Å². The number of carbonyl (C=O) groups is 2. The predicted molar refractivity (Wildman–Crippen MR) is 74.3 cm³/mol. The molecule has 1 heterocycles. The number of benzene rings is 1. The zero-order valence-corrected chi connectivity index (χ0v) is 11.9. The van der Waals surface area contributed by atoms with E-state index < -0.39 is 10.9 Å². The Labute approximate surface area is 122 Å². The number of aromatic carboxylic acids is 1. The third kappa shape index (κ3) is 2.64. The number of hydrogen-bond acceptors (Lipinski definition) is 4. The molecule has 0 aliphatic carbocycles. The van der Waals surface area contributed by atoms with E-state index in [1.165, 1.54) is 17.0 Å². The highest BCUT2D eigenvalue weighted by Gasteiger charge is 2.32. The number of carbonyl (C=O) groups excluding carboxylic acids is 1. The minimum absolute atomic E-state index is 0.110. The van der Waals surface area contributed by atoms with Gasteiger partial charge in [-0.2, -0.15) is 0 Å². The number of halogens is 1. The van der Waals surface area contributed by atoms with Gasteiger partial charge >= 0.3 is 5.97 Å². The maximum atomic E-state index is 11.9. The number of nitrogens with zero attached hydrogens (tertiary/aromatic N) is 2. The maximum absolute atomic E-state index is 11.9. The van der Waals surface area contributed by atoms with Crippen LogP contribution >= 0.6 is 15.9 Å². The van der Waals surface area contributed by atoms with Gasteiger partial charge in [0.1, 0.15) is 0 Å². The van der Waals surface area contributed by atoms with Gasteiger partial charge in [0.05, 0.1) is 16.2 Å². The van der Waals surface area contributed by atoms with Crippen LogP contribution in [0.5, 0.6) is 0 Å². The molecule has 0 saturated carbocycles. The molecule has 20 heavy (non-hydrogen) atoms. The molecule has 1 unspecified atom stereocenters. The van der Waals surface area contributed by atoms with Crippen molar-refractivity contribution in [3.8, 4) is 0 Å². The lowest BCUT2D eigenvalue weighted by molar-refractivity contribution is -0.384. The highest BCUT2D eigenvalue weighted by molar-refractivity contribution is 9.09. The van der Waals surface area contributed by atoms with Gasteiger partial charge in [0.2, 0.25) is 5.91 Å². The number of non-ortho nitro benzene ring substituents is 1. The van der Waals surface area contributed by atoms with Gasteiger partial charge in [0.15, 0.2) is 0 Å². The van der Waals surface area contributed by atoms with E-state index in [1.54, 1.807) is 0 Å². The van der Waals surface area contributed by atoms with Crippen LogP contribution in [0.1, 0.15) is 16.8 Å². The lowest BCUT2D eigenvalue weighted by atomic mass is 10.1. The van der Waals surface area contributed by atoms with Crippen molar-refractivity contribution in [3.63, 3.8) is 0 Å². The topological polar surface area (TPSA) is 101 Å². The maximum Gasteiger partial charge on any atom is 0.338 e. The number of rotatable bonds is 4. The number of amides is 1. The summed E-state index contributed by atoms with van der Waals surface area (Å²) >= 11 is 3.30. The van der Waals surface area contributed by atoms with Crippen molar-refractivity contribution < 1.29 is 19.6 Å². The highest BCUT2D eigenvalue weighted by atomic mass is 79.9. The van der Waals surface area contributed by atoms with E-state index in [-0.39, 0.29) is 28.8 Å². The first-order valence-electron chi connectivity index (χ1n) is 5.82. The Morgan fingerprint density at radius 1 is 1.55 bits per heavy atom. The first-order valence-corrected chi connectivity index (χ1v) is 6.94. The summed E-state index contributed by atoms with van der Waals surface area (Å²) in [6.45, 7) is 0.405. The lowest BCUT2D eigenvalue weighted by Crippen LogP contribution is -2.26. The highest BCUT2D eigenvalue weighted by Crippen LogP contribution is 2.31. The average Bonchev–Trinajstić information content (AvgIpc) is 2.79. The fraction of sp³-hybridized carbons (Fsp3) is 0.333. The molecule has 0 radical (unpaired) electrons. The second kappa shape index (κ2) is 5.58. The Kier molecular flexibility index (Phi) is 4.03. The fourth-order valence-corrected chi connectivity index (χ4v) is 2.60. The Balaban J connectivity index is 2.44. The van der Waals surface area contributed by atoms with Crippen molar-refractivity contribution in [2.45, 2.75) is 6.42 Å². The standard InChI is InChI=1S/C12H11BrN2O5/c13-5-7-3-11(16)14(6-7)10-2-1-8(15(19)20)4-9(10)12(17)18/h1-2,4,7H,3,5-6H2,(H,17,18). The third-order valence-electron chi connectivity index (χ3n) is 3.14. The van der Waals surface area contributed by atoms with Gasteiger partial charge in [-0.15, -0.1) is 0 Å². The molecule has 8 heteroatoms. The van der Waals surface area contributed by atoms with Gasteiger partial charge in [0.25, 0.3) is 5.69 Å². The molecular weight excluding hydrogens is 332 g/mol. The molecule has 1 aliphatic heterocycles. The van der Waals surface area contributed by atoms with Crippen LogP contribution in [0.4, 0.5) is 11.4 Å². The summed E-state index contributed by atoms with van der Waals surface area (Å²) in [7, 11) is 0. The number of carboxylic acids is 1. The van der Waals surface area contributed by atoms with Crippen molar-refractivity contribution in [3.05, 3.63) is 33.9 Å². The minimum atomic E-state index is -1.29. The van der Waals surface area contributed by atoms with Crippen LogP contribution < -0.4 is 4.90 Å². The summed E-state index contributed by atoms with van der Waals surface area (Å²) in [5, 5.41) is 20.5. The molecule has 2 rings (SSSR count). The minimum Gasteiger partial charge on any atom is -0.478 e. The van der Waals surface area contributed by atoms with Gasteiger partial charge < -0.3 is 10.0 Å². The van der Waals surface area contributed by atoms with Crippen LogP contribution in [0, 0.1) is 16.0 Å². The van der Waals surface area contributed by atoms with Crippen molar-refractivity contribution in [1.29, 1.82) is 0 Å². The van der Waals surface area contributed by atoms with Gasteiger partial charge in [-0.25, -0.2) is 4.79 Å². The fourth-order valence-electron chi connectivity index (χ4n) is 2.16. The first-order chi connectivity index (χ1) is 9.43. The Hall–Kier alpha value is -1.96. The molecule has 1 amide bonds. The lowest BCUT2D eigenvalue weighted by Gasteiger charge is -2.18. The van der Waals surface area contributed by atoms with Crippen molar-refractivity contribution in [2.24, 2.45) is 5.92 Å². The summed E-state index contributed by atoms with van der Waals surface area (Å²) in [6.07, 6.45) is 0.335. The third-order valence-corrected chi connectivity index (χ3v) is 4.05. The molecule has 106 valence electrons. The molecule has 1 aliphatic rings. The second-order valence-corrected chi connectivity index (χ2v) is 5.14. The summed E-state index contributed by atoms with van der Waals surface area (Å²) in [5.41, 5.74) is -0.339. The van der Waals surface area contributed by atoms with Crippen molar-refractivity contribution in [2.75, 3.05) is 16.8 Å². The predicted octanol–water partition coefficient (Wildman–Crippen LogP) is 2.04. The summed E-state index contributed by atoms with van der Waals surface area (Å²) in [6, 6.07) is 3.50. The normalized spacial score (nSPS) is 18.4. The van der Waals surface area contributed by atoms with E-state index in [9.17, 15) is 24.8 Å². The summed E-state index contributed by atoms with van der Waals surface area (Å²) < 4.78 is 0. The molecular formula is C12H11BrN2O5. The van der Waals surface area contributed by atoms with Gasteiger partial charge in [-0.1, -0.05) is 15.9 Å². The van der Waals surface area contributed by atoms with E-state index in [2.05, 4.69) is 15.9 Å². The van der Waals surface area contributed by atoms with E-state index in [4.69, 9.17) is 0 Å². The largest absolute Gasteiger partial charge is 0.478 e. The van der Waals surface area contributed by atoms with E-state index in [1.807, 2.05) is 0 Å². The van der Waals surface area contributed by atoms with Crippen LogP contribution in [0.15, 0.2) is 18.2 Å². The molecule has 1 aromatic carbocycles. The van der Waals surface area contributed by atoms with Crippen LogP contribution in [0.2, 0.25) is 0 Å². The van der Waals surface area contributed by atoms with Crippen LogP contribution in [-0.2, 0) is 4.79 Å². The SMILES string of the molecule is O=C(O)c1cc([N+](=O)[O-])ccc1N1CC(CBr)CC1=O. The van der Waals surface area contributed by atoms with Crippen LogP contribution in [0.3, 0.4) is 0 Å². The zero-order chi connectivity index (χ0) is 14.9. The van der Waals surface area contributed by atoms with E-state index in [0.717, 1.165) is 6.07 Å². The number of nitro groups is 1. The smallest absolute Gasteiger partial charge is 0.338 e. The van der Waals surface area contributed by atoms with Crippen LogP contribution in [-0.4, -0.2) is 33.8 Å². The van der Waals surface area contributed by atoms with Gasteiger partial charge in [-0.3, -0.25) is 14.9 Å². The number of hydrogen-bond donors (Lipinski definition) is 1. The molecule has 1 atom stereocenters. The Bertz CT molecular complexity index is 589. The van der Waals surface area contributed by atoms with Crippen molar-refractivity contribution in [1.82, 2.24) is 0 Å². The molecule has 0 aromatic heterocycles. The van der Waals surface area contributed by atoms with Crippen molar-refractivity contribution >= 4 is 39.2 Å². The Morgan fingerprint density at radius 2 is 2.25 bits per heavy atom. The van der Waals surface area contributed by atoms with Crippen LogP contribution in [0.25, 0.3) is 0 Å². The molecule has 0 bridgehead atoms. The molecule has 1 saturated heterocycles. The molecule has 1 aromatic rings. The molecule has 1 fully saturated rings. The molecule has 0 spiro atoms. The van der Waals surface area contributed by atoms with E-state index >= 15 is 0 Å². The number of carboxylic acid groups (broad SMARTS) is 1. The zero-order valence-electron chi connectivity index (χ0n) is 10.3. The van der Waals surface area contributed by atoms with Gasteiger partial charge in [-0.05, 0) is 12.0 Å². The number of nitro benzene ring substituents is 1. The first kappa shape index (κ1) is 14.4. The number of alkyl halides is 1. The summed E-state index contributed by atoms with van der Waals surface area (Å²) in [4.78, 5) is 34.6. The number of anilines is 1. The second-order valence-electron chi connectivity index (χ2n) is 4.49. The quantitative estimate of drug-likeness (QED) is 0.512. The summed E-state index contributed by atoms with van der Waals surface area (Å²) in [5.74, 6) is -1.36. The Morgan fingerprint density at radius 3 is 2.75 bits per heavy atom.